The van der Waals surface area contributed by atoms with Gasteiger partial charge in [0.15, 0.2) is 0 Å². The summed E-state index contributed by atoms with van der Waals surface area (Å²) in [5, 5.41) is 0. The largest absolute Gasteiger partial charge is 0.330 e. The van der Waals surface area contributed by atoms with Crippen LogP contribution in [-0.4, -0.2) is 49.9 Å². The minimum atomic E-state index is -3.34. The van der Waals surface area contributed by atoms with E-state index < -0.39 is 10.2 Å². The Balaban J connectivity index is 2.45. The van der Waals surface area contributed by atoms with E-state index in [9.17, 15) is 8.42 Å². The van der Waals surface area contributed by atoms with E-state index >= 15 is 0 Å². The first kappa shape index (κ1) is 17.2. The third-order valence-corrected chi connectivity index (χ3v) is 6.05. The molecule has 2 unspecified atom stereocenters. The smallest absolute Gasteiger partial charge is 0.279 e. The lowest BCUT2D eigenvalue weighted by Gasteiger charge is -2.32. The van der Waals surface area contributed by atoms with Crippen molar-refractivity contribution in [3.05, 3.63) is 0 Å². The van der Waals surface area contributed by atoms with Gasteiger partial charge in [-0.3, -0.25) is 0 Å². The number of thioether (sulfide) groups is 1. The predicted octanol–water partition coefficient (Wildman–Crippen LogP) is 1.02. The van der Waals surface area contributed by atoms with Crippen molar-refractivity contribution in [1.82, 2.24) is 9.03 Å². The van der Waals surface area contributed by atoms with Gasteiger partial charge in [0.05, 0.1) is 0 Å². The van der Waals surface area contributed by atoms with Gasteiger partial charge in [-0.15, -0.1) is 0 Å². The average molecular weight is 310 g/mol. The molecule has 2 atom stereocenters. The second-order valence-electron chi connectivity index (χ2n) is 5.11. The van der Waals surface area contributed by atoms with Crippen molar-refractivity contribution in [3.8, 4) is 0 Å². The Labute approximate surface area is 121 Å². The van der Waals surface area contributed by atoms with Crippen molar-refractivity contribution in [3.63, 3.8) is 0 Å². The van der Waals surface area contributed by atoms with Gasteiger partial charge >= 0.3 is 0 Å². The number of nitrogens with zero attached hydrogens (tertiary/aromatic N) is 1. The van der Waals surface area contributed by atoms with Crippen molar-refractivity contribution < 1.29 is 8.42 Å². The summed E-state index contributed by atoms with van der Waals surface area (Å²) in [5.41, 5.74) is 5.65. The van der Waals surface area contributed by atoms with Crippen LogP contribution in [0.5, 0.6) is 0 Å². The van der Waals surface area contributed by atoms with Gasteiger partial charge in [0.2, 0.25) is 0 Å². The van der Waals surface area contributed by atoms with Crippen molar-refractivity contribution >= 4 is 22.0 Å². The molecule has 1 fully saturated rings. The van der Waals surface area contributed by atoms with Crippen molar-refractivity contribution in [2.75, 3.05) is 31.1 Å². The molecule has 0 aromatic rings. The molecule has 1 rings (SSSR count). The summed E-state index contributed by atoms with van der Waals surface area (Å²) in [5.74, 6) is 2.37. The highest BCUT2D eigenvalue weighted by Gasteiger charge is 2.28. The second kappa shape index (κ2) is 8.46. The summed E-state index contributed by atoms with van der Waals surface area (Å²) in [4.78, 5) is 0. The normalized spacial score (nSPS) is 23.4. The van der Waals surface area contributed by atoms with Gasteiger partial charge in [-0.1, -0.05) is 6.92 Å². The summed E-state index contributed by atoms with van der Waals surface area (Å²) in [6.45, 7) is 5.78. The molecule has 0 aliphatic carbocycles. The molecule has 1 heterocycles. The van der Waals surface area contributed by atoms with Gasteiger partial charge in [0.25, 0.3) is 10.2 Å². The summed E-state index contributed by atoms with van der Waals surface area (Å²) in [6, 6.07) is -0.0118. The summed E-state index contributed by atoms with van der Waals surface area (Å²) < 4.78 is 28.8. The Morgan fingerprint density at radius 1 is 1.53 bits per heavy atom. The predicted molar refractivity (Wildman–Crippen MR) is 82.5 cm³/mol. The van der Waals surface area contributed by atoms with Gasteiger partial charge in [-0.2, -0.15) is 29.2 Å². The van der Waals surface area contributed by atoms with Crippen LogP contribution in [0.25, 0.3) is 0 Å². The first-order valence-electron chi connectivity index (χ1n) is 7.04. The van der Waals surface area contributed by atoms with Crippen LogP contribution in [0, 0.1) is 5.92 Å². The molecule has 1 aliphatic rings. The quantitative estimate of drug-likeness (QED) is 0.657. The number of nitrogens with two attached hydrogens (primary N) is 1. The molecule has 3 N–H and O–H groups in total. The van der Waals surface area contributed by atoms with Gasteiger partial charge in [0.1, 0.15) is 0 Å². The van der Waals surface area contributed by atoms with Crippen LogP contribution in [0.1, 0.15) is 33.1 Å². The molecule has 0 spiro atoms. The summed E-state index contributed by atoms with van der Waals surface area (Å²) >= 11 is 1.84. The van der Waals surface area contributed by atoms with Crippen LogP contribution in [0.4, 0.5) is 0 Å². The van der Waals surface area contributed by atoms with Gasteiger partial charge in [0, 0.05) is 19.1 Å². The maximum atomic E-state index is 12.3. The molecular weight excluding hydrogens is 282 g/mol. The van der Waals surface area contributed by atoms with Crippen LogP contribution in [0.3, 0.4) is 0 Å². The fourth-order valence-electron chi connectivity index (χ4n) is 2.23. The molecular formula is C12H27N3O2S2. The average Bonchev–Trinajstić information content (AvgIpc) is 2.38. The third-order valence-electron chi connectivity index (χ3n) is 3.40. The maximum Gasteiger partial charge on any atom is 0.279 e. The number of rotatable bonds is 8. The van der Waals surface area contributed by atoms with Gasteiger partial charge < -0.3 is 5.73 Å². The lowest BCUT2D eigenvalue weighted by molar-refractivity contribution is 0.267. The zero-order valence-electron chi connectivity index (χ0n) is 12.0. The monoisotopic (exact) mass is 309 g/mol. The van der Waals surface area contributed by atoms with E-state index in [2.05, 4.69) is 11.6 Å². The maximum absolute atomic E-state index is 12.3. The molecule has 0 radical (unpaired) electrons. The van der Waals surface area contributed by atoms with E-state index in [-0.39, 0.29) is 6.04 Å². The van der Waals surface area contributed by atoms with Crippen LogP contribution >= 0.6 is 11.8 Å². The van der Waals surface area contributed by atoms with Crippen LogP contribution in [0.2, 0.25) is 0 Å². The Kier molecular flexibility index (Phi) is 7.68. The highest BCUT2D eigenvalue weighted by molar-refractivity contribution is 7.99. The summed E-state index contributed by atoms with van der Waals surface area (Å²) in [6.07, 6.45) is 2.81. The molecule has 7 heteroatoms. The minimum Gasteiger partial charge on any atom is -0.330 e. The number of hydrogen-bond acceptors (Lipinski definition) is 4. The van der Waals surface area contributed by atoms with E-state index in [1.165, 1.54) is 0 Å². The minimum absolute atomic E-state index is 0.0118. The lowest BCUT2D eigenvalue weighted by Crippen LogP contribution is -2.49. The summed E-state index contributed by atoms with van der Waals surface area (Å²) in [7, 11) is -3.34. The Morgan fingerprint density at radius 2 is 2.26 bits per heavy atom. The zero-order valence-corrected chi connectivity index (χ0v) is 13.6. The topological polar surface area (TPSA) is 75.4 Å². The van der Waals surface area contributed by atoms with Crippen LogP contribution in [0.15, 0.2) is 0 Å². The number of piperidine rings is 1. The van der Waals surface area contributed by atoms with E-state index in [1.54, 1.807) is 4.31 Å². The molecule has 114 valence electrons. The van der Waals surface area contributed by atoms with E-state index in [0.29, 0.717) is 25.6 Å². The van der Waals surface area contributed by atoms with E-state index in [4.69, 9.17) is 5.73 Å². The molecule has 0 amide bonds. The van der Waals surface area contributed by atoms with Crippen molar-refractivity contribution in [2.24, 2.45) is 11.7 Å². The molecule has 19 heavy (non-hydrogen) atoms. The molecule has 0 saturated carbocycles. The Bertz CT molecular complexity index is 349. The SMILES string of the molecule is CCSCCC(C)NS(=O)(=O)N1CCCC(CN)C1. The second-order valence-corrected chi connectivity index (χ2v) is 8.21. The van der Waals surface area contributed by atoms with E-state index in [0.717, 1.165) is 30.8 Å². The highest BCUT2D eigenvalue weighted by Crippen LogP contribution is 2.18. The Morgan fingerprint density at radius 3 is 2.89 bits per heavy atom. The molecule has 1 saturated heterocycles. The van der Waals surface area contributed by atoms with Crippen LogP contribution in [-0.2, 0) is 10.2 Å². The Hall–Kier alpha value is 0.180. The molecule has 5 nitrogen and oxygen atoms in total. The molecule has 0 aromatic carbocycles. The fraction of sp³-hybridized carbons (Fsp3) is 1.00. The molecule has 0 bridgehead atoms. The van der Waals surface area contributed by atoms with Crippen molar-refractivity contribution in [2.45, 2.75) is 39.2 Å². The molecule has 1 aliphatic heterocycles. The highest BCUT2D eigenvalue weighted by atomic mass is 32.2. The van der Waals surface area contributed by atoms with Crippen LogP contribution < -0.4 is 10.5 Å². The first-order valence-corrected chi connectivity index (χ1v) is 9.64. The van der Waals surface area contributed by atoms with Crippen molar-refractivity contribution in [1.29, 1.82) is 0 Å². The first-order chi connectivity index (χ1) is 8.99. The third kappa shape index (κ3) is 5.99. The number of hydrogen-bond donors (Lipinski definition) is 2. The molecule has 0 aromatic heterocycles. The number of nitrogens with one attached hydrogen (secondary N) is 1. The zero-order chi connectivity index (χ0) is 14.3. The standard InChI is InChI=1S/C12H27N3O2S2/c1-3-18-8-6-11(2)14-19(16,17)15-7-4-5-12(9-13)10-15/h11-12,14H,3-10,13H2,1-2H3. The van der Waals surface area contributed by atoms with Gasteiger partial charge in [-0.25, -0.2) is 0 Å². The lowest BCUT2D eigenvalue weighted by atomic mass is 10.0. The fourth-order valence-corrected chi connectivity index (χ4v) is 4.59. The van der Waals surface area contributed by atoms with Gasteiger partial charge in [-0.05, 0) is 50.2 Å². The van der Waals surface area contributed by atoms with E-state index in [1.807, 2.05) is 18.7 Å².